The number of anilines is 1. The monoisotopic (exact) mass is 408 g/mol. The summed E-state index contributed by atoms with van der Waals surface area (Å²) in [5.41, 5.74) is 7.50. The van der Waals surface area contributed by atoms with Gasteiger partial charge in [-0.25, -0.2) is 9.97 Å². The van der Waals surface area contributed by atoms with Gasteiger partial charge >= 0.3 is 5.97 Å². The number of nitrogens with one attached hydrogen (secondary N) is 1. The molecule has 0 saturated heterocycles. The van der Waals surface area contributed by atoms with E-state index >= 15 is 0 Å². The Morgan fingerprint density at radius 2 is 2.11 bits per heavy atom. The third kappa shape index (κ3) is 5.10. The number of nitrogen functional groups attached to an aromatic ring is 1. The van der Waals surface area contributed by atoms with Gasteiger partial charge < -0.3 is 15.8 Å². The van der Waals surface area contributed by atoms with E-state index in [1.165, 1.54) is 35.0 Å². The van der Waals surface area contributed by atoms with Crippen molar-refractivity contribution in [3.05, 3.63) is 10.4 Å². The summed E-state index contributed by atoms with van der Waals surface area (Å²) < 4.78 is 4.85. The molecule has 2 aromatic heterocycles. The number of hydrogen-bond donors (Lipinski definition) is 2. The molecule has 7 nitrogen and oxygen atoms in total. The van der Waals surface area contributed by atoms with E-state index in [4.69, 9.17) is 10.5 Å². The maximum absolute atomic E-state index is 12.0. The number of nitrogens with two attached hydrogens (primary N) is 1. The Balaban J connectivity index is 1.51. The number of thioether (sulfide) groups is 1. The van der Waals surface area contributed by atoms with Crippen LogP contribution in [-0.2, 0) is 27.2 Å². The van der Waals surface area contributed by atoms with Crippen LogP contribution in [0.2, 0.25) is 0 Å². The standard InChI is InChI=1S/C18H24N4O3S2/c1-2-25-14(24)8-5-9-20-13(23)10-26-18-21-16(19)15-11-6-3-4-7-12(11)27-17(15)22-18/h2-10H2,1H3,(H,20,23)(H2,19,21,22). The topological polar surface area (TPSA) is 107 Å². The maximum Gasteiger partial charge on any atom is 0.305 e. The molecule has 0 fully saturated rings. The molecule has 0 unspecified atom stereocenters. The normalized spacial score (nSPS) is 13.4. The molecule has 3 N–H and O–H groups in total. The molecule has 0 atom stereocenters. The summed E-state index contributed by atoms with van der Waals surface area (Å²) in [5, 5.41) is 4.32. The van der Waals surface area contributed by atoms with E-state index < -0.39 is 0 Å². The zero-order valence-electron chi connectivity index (χ0n) is 15.4. The molecule has 2 heterocycles. The minimum Gasteiger partial charge on any atom is -0.466 e. The minimum atomic E-state index is -0.239. The lowest BCUT2D eigenvalue weighted by Crippen LogP contribution is -2.26. The van der Waals surface area contributed by atoms with Crippen LogP contribution in [-0.4, -0.2) is 40.7 Å². The first-order valence-electron chi connectivity index (χ1n) is 9.21. The van der Waals surface area contributed by atoms with E-state index in [1.807, 2.05) is 0 Å². The van der Waals surface area contributed by atoms with Crippen LogP contribution in [0.5, 0.6) is 0 Å². The molecule has 0 radical (unpaired) electrons. The molecule has 9 heteroatoms. The van der Waals surface area contributed by atoms with E-state index in [-0.39, 0.29) is 17.6 Å². The molecule has 0 aliphatic heterocycles. The van der Waals surface area contributed by atoms with Gasteiger partial charge in [0.1, 0.15) is 10.6 Å². The van der Waals surface area contributed by atoms with Crippen LogP contribution in [0.1, 0.15) is 43.0 Å². The van der Waals surface area contributed by atoms with Crippen LogP contribution in [0, 0.1) is 0 Å². The number of rotatable bonds is 8. The van der Waals surface area contributed by atoms with Crippen molar-refractivity contribution in [1.82, 2.24) is 15.3 Å². The highest BCUT2D eigenvalue weighted by Crippen LogP contribution is 2.38. The Bertz CT molecular complexity index is 838. The third-order valence-electron chi connectivity index (χ3n) is 4.34. The van der Waals surface area contributed by atoms with Gasteiger partial charge in [-0.05, 0) is 44.6 Å². The van der Waals surface area contributed by atoms with Crippen molar-refractivity contribution in [2.75, 3.05) is 24.6 Å². The number of nitrogens with zero attached hydrogens (tertiary/aromatic N) is 2. The number of aryl methyl sites for hydroxylation is 2. The maximum atomic E-state index is 12.0. The zero-order valence-corrected chi connectivity index (χ0v) is 17.0. The molecule has 1 amide bonds. The van der Waals surface area contributed by atoms with Crippen LogP contribution < -0.4 is 11.1 Å². The molecule has 2 aromatic rings. The van der Waals surface area contributed by atoms with Crippen molar-refractivity contribution < 1.29 is 14.3 Å². The van der Waals surface area contributed by atoms with Crippen LogP contribution in [0.25, 0.3) is 10.2 Å². The molecule has 3 rings (SSSR count). The predicted molar refractivity (Wildman–Crippen MR) is 108 cm³/mol. The molecule has 0 saturated carbocycles. The minimum absolute atomic E-state index is 0.114. The summed E-state index contributed by atoms with van der Waals surface area (Å²) in [6, 6.07) is 0. The van der Waals surface area contributed by atoms with E-state index in [9.17, 15) is 9.59 Å². The zero-order chi connectivity index (χ0) is 19.2. The lowest BCUT2D eigenvalue weighted by atomic mass is 9.97. The van der Waals surface area contributed by atoms with Crippen LogP contribution in [0.4, 0.5) is 5.82 Å². The number of hydrogen-bond acceptors (Lipinski definition) is 8. The average molecular weight is 409 g/mol. The molecule has 1 aliphatic carbocycles. The quantitative estimate of drug-likeness (QED) is 0.299. The van der Waals surface area contributed by atoms with Gasteiger partial charge in [-0.3, -0.25) is 9.59 Å². The Hall–Kier alpha value is -1.87. The van der Waals surface area contributed by atoms with Gasteiger partial charge in [0.2, 0.25) is 5.91 Å². The number of ether oxygens (including phenoxy) is 1. The van der Waals surface area contributed by atoms with E-state index in [0.29, 0.717) is 37.0 Å². The van der Waals surface area contributed by atoms with Gasteiger partial charge in [0.05, 0.1) is 17.7 Å². The van der Waals surface area contributed by atoms with Gasteiger partial charge in [0, 0.05) is 17.8 Å². The van der Waals surface area contributed by atoms with Gasteiger partial charge in [0.15, 0.2) is 5.16 Å². The Labute approximate surface area is 166 Å². The van der Waals surface area contributed by atoms with Crippen molar-refractivity contribution in [2.24, 2.45) is 0 Å². The summed E-state index contributed by atoms with van der Waals surface area (Å²) in [4.78, 5) is 34.5. The molecule has 1 aliphatic rings. The SMILES string of the molecule is CCOC(=O)CCCNC(=O)CSc1nc(N)c2c3c(sc2n1)CCCC3. The summed E-state index contributed by atoms with van der Waals surface area (Å²) >= 11 is 2.97. The van der Waals surface area contributed by atoms with Gasteiger partial charge in [0.25, 0.3) is 0 Å². The Morgan fingerprint density at radius 3 is 2.93 bits per heavy atom. The lowest BCUT2D eigenvalue weighted by molar-refractivity contribution is -0.143. The second-order valence-electron chi connectivity index (χ2n) is 6.33. The highest BCUT2D eigenvalue weighted by atomic mass is 32.2. The highest BCUT2D eigenvalue weighted by Gasteiger charge is 2.20. The lowest BCUT2D eigenvalue weighted by Gasteiger charge is -2.10. The summed E-state index contributed by atoms with van der Waals surface area (Å²) in [5.74, 6) is 0.375. The summed E-state index contributed by atoms with van der Waals surface area (Å²) in [7, 11) is 0. The Kier molecular flexibility index (Phi) is 6.89. The molecular weight excluding hydrogens is 384 g/mol. The largest absolute Gasteiger partial charge is 0.466 e. The van der Waals surface area contributed by atoms with E-state index in [0.717, 1.165) is 23.1 Å². The molecular formula is C18H24N4O3S2. The number of thiophene rings is 1. The molecule has 27 heavy (non-hydrogen) atoms. The fourth-order valence-electron chi connectivity index (χ4n) is 3.10. The number of amides is 1. The number of esters is 1. The number of fused-ring (bicyclic) bond motifs is 3. The third-order valence-corrected chi connectivity index (χ3v) is 6.37. The van der Waals surface area contributed by atoms with Crippen molar-refractivity contribution in [3.63, 3.8) is 0 Å². The number of aromatic nitrogens is 2. The van der Waals surface area contributed by atoms with Crippen molar-refractivity contribution >= 4 is 51.0 Å². The summed E-state index contributed by atoms with van der Waals surface area (Å²) in [6.45, 7) is 2.59. The van der Waals surface area contributed by atoms with Crippen LogP contribution in [0.3, 0.4) is 0 Å². The molecule has 0 aromatic carbocycles. The Morgan fingerprint density at radius 1 is 1.30 bits per heavy atom. The van der Waals surface area contributed by atoms with Crippen LogP contribution >= 0.6 is 23.1 Å². The average Bonchev–Trinajstić information content (AvgIpc) is 3.02. The first-order valence-corrected chi connectivity index (χ1v) is 11.0. The predicted octanol–water partition coefficient (Wildman–Crippen LogP) is 2.70. The second kappa shape index (κ2) is 9.36. The smallest absolute Gasteiger partial charge is 0.305 e. The van der Waals surface area contributed by atoms with Gasteiger partial charge in [-0.2, -0.15) is 0 Å². The highest BCUT2D eigenvalue weighted by molar-refractivity contribution is 7.99. The first kappa shape index (κ1) is 19.9. The van der Waals surface area contributed by atoms with Crippen molar-refractivity contribution in [3.8, 4) is 0 Å². The molecule has 146 valence electrons. The molecule has 0 bridgehead atoms. The first-order chi connectivity index (χ1) is 13.1. The number of carbonyl (C=O) groups excluding carboxylic acids is 2. The fraction of sp³-hybridized carbons (Fsp3) is 0.556. The van der Waals surface area contributed by atoms with Crippen molar-refractivity contribution in [2.45, 2.75) is 50.6 Å². The van der Waals surface area contributed by atoms with Crippen LogP contribution in [0.15, 0.2) is 5.16 Å². The van der Waals surface area contributed by atoms with Crippen molar-refractivity contribution in [1.29, 1.82) is 0 Å². The number of carbonyl (C=O) groups is 2. The second-order valence-corrected chi connectivity index (χ2v) is 8.36. The molecule has 0 spiro atoms. The fourth-order valence-corrected chi connectivity index (χ4v) is 5.11. The van der Waals surface area contributed by atoms with E-state index in [2.05, 4.69) is 15.3 Å². The summed E-state index contributed by atoms with van der Waals surface area (Å²) in [6.07, 6.45) is 5.40. The van der Waals surface area contributed by atoms with Gasteiger partial charge in [-0.15, -0.1) is 11.3 Å². The van der Waals surface area contributed by atoms with Gasteiger partial charge in [-0.1, -0.05) is 11.8 Å². The van der Waals surface area contributed by atoms with E-state index in [1.54, 1.807) is 18.3 Å².